The Labute approximate surface area is 116 Å². The highest BCUT2D eigenvalue weighted by Gasteiger charge is 2.25. The van der Waals surface area contributed by atoms with Crippen LogP contribution in [0.1, 0.15) is 25.5 Å². The first-order chi connectivity index (χ1) is 9.49. The van der Waals surface area contributed by atoms with E-state index in [4.69, 9.17) is 9.47 Å². The highest BCUT2D eigenvalue weighted by Crippen LogP contribution is 2.32. The van der Waals surface area contributed by atoms with E-state index in [-0.39, 0.29) is 11.8 Å². The van der Waals surface area contributed by atoms with Gasteiger partial charge in [-0.25, -0.2) is 4.79 Å². The SMILES string of the molecule is CC(C)C(=O)NC(C(=O)O)c1ccc2c(c1)OCCO2. The van der Waals surface area contributed by atoms with Gasteiger partial charge in [0.2, 0.25) is 5.91 Å². The van der Waals surface area contributed by atoms with Gasteiger partial charge in [-0.15, -0.1) is 0 Å². The number of benzene rings is 1. The summed E-state index contributed by atoms with van der Waals surface area (Å²) in [6.45, 7) is 4.31. The maximum absolute atomic E-state index is 11.7. The minimum Gasteiger partial charge on any atom is -0.486 e. The first-order valence-corrected chi connectivity index (χ1v) is 6.41. The van der Waals surface area contributed by atoms with Gasteiger partial charge in [-0.3, -0.25) is 4.79 Å². The van der Waals surface area contributed by atoms with Crippen LogP contribution in [0.5, 0.6) is 11.5 Å². The van der Waals surface area contributed by atoms with Crippen LogP contribution in [0.25, 0.3) is 0 Å². The molecule has 0 saturated heterocycles. The van der Waals surface area contributed by atoms with E-state index in [2.05, 4.69) is 5.32 Å². The summed E-state index contributed by atoms with van der Waals surface area (Å²) in [7, 11) is 0. The molecule has 1 atom stereocenters. The van der Waals surface area contributed by atoms with Crippen molar-refractivity contribution >= 4 is 11.9 Å². The Morgan fingerprint density at radius 1 is 1.20 bits per heavy atom. The average Bonchev–Trinajstić information content (AvgIpc) is 2.43. The second-order valence-electron chi connectivity index (χ2n) is 4.84. The Morgan fingerprint density at radius 2 is 1.85 bits per heavy atom. The van der Waals surface area contributed by atoms with Crippen molar-refractivity contribution in [2.45, 2.75) is 19.9 Å². The fraction of sp³-hybridized carbons (Fsp3) is 0.429. The number of hydrogen-bond acceptors (Lipinski definition) is 4. The van der Waals surface area contributed by atoms with Crippen LogP contribution in [-0.4, -0.2) is 30.2 Å². The fourth-order valence-electron chi connectivity index (χ4n) is 1.84. The molecule has 6 heteroatoms. The summed E-state index contributed by atoms with van der Waals surface area (Å²) in [6.07, 6.45) is 0. The van der Waals surface area contributed by atoms with Gasteiger partial charge in [-0.1, -0.05) is 19.9 Å². The molecule has 1 aliphatic rings. The second kappa shape index (κ2) is 5.81. The predicted molar refractivity (Wildman–Crippen MR) is 70.8 cm³/mol. The molecule has 0 aromatic heterocycles. The molecule has 1 amide bonds. The van der Waals surface area contributed by atoms with Crippen LogP contribution in [-0.2, 0) is 9.59 Å². The molecule has 1 aromatic carbocycles. The number of fused-ring (bicyclic) bond motifs is 1. The van der Waals surface area contributed by atoms with Crippen LogP contribution in [0.2, 0.25) is 0 Å². The van der Waals surface area contributed by atoms with E-state index < -0.39 is 12.0 Å². The third-order valence-electron chi connectivity index (χ3n) is 2.96. The van der Waals surface area contributed by atoms with Crippen LogP contribution in [0.3, 0.4) is 0 Å². The summed E-state index contributed by atoms with van der Waals surface area (Å²) in [4.78, 5) is 23.0. The number of aliphatic carboxylic acids is 1. The number of amides is 1. The highest BCUT2D eigenvalue weighted by atomic mass is 16.6. The summed E-state index contributed by atoms with van der Waals surface area (Å²) in [5, 5.41) is 11.8. The number of carbonyl (C=O) groups is 2. The van der Waals surface area contributed by atoms with E-state index in [1.54, 1.807) is 32.0 Å². The molecule has 0 spiro atoms. The third-order valence-corrected chi connectivity index (χ3v) is 2.96. The zero-order valence-corrected chi connectivity index (χ0v) is 11.4. The molecule has 2 rings (SSSR count). The van der Waals surface area contributed by atoms with Crippen molar-refractivity contribution in [2.24, 2.45) is 5.92 Å². The van der Waals surface area contributed by atoms with Crippen LogP contribution in [0.15, 0.2) is 18.2 Å². The van der Waals surface area contributed by atoms with Crippen LogP contribution < -0.4 is 14.8 Å². The standard InChI is InChI=1S/C14H17NO5/c1-8(2)13(16)15-12(14(17)18)9-3-4-10-11(7-9)20-6-5-19-10/h3-4,7-8,12H,5-6H2,1-2H3,(H,15,16)(H,17,18). The van der Waals surface area contributed by atoms with Crippen LogP contribution in [0.4, 0.5) is 0 Å². The van der Waals surface area contributed by atoms with E-state index in [1.165, 1.54) is 0 Å². The molecular weight excluding hydrogens is 262 g/mol. The maximum atomic E-state index is 11.7. The fourth-order valence-corrected chi connectivity index (χ4v) is 1.84. The number of ether oxygens (including phenoxy) is 2. The van der Waals surface area contributed by atoms with Gasteiger partial charge in [0.25, 0.3) is 0 Å². The Balaban J connectivity index is 2.25. The Morgan fingerprint density at radius 3 is 2.45 bits per heavy atom. The molecule has 0 bridgehead atoms. The number of carbonyl (C=O) groups excluding carboxylic acids is 1. The quantitative estimate of drug-likeness (QED) is 0.869. The van der Waals surface area contributed by atoms with Crippen LogP contribution in [0, 0.1) is 5.92 Å². The number of carboxylic acid groups (broad SMARTS) is 1. The van der Waals surface area contributed by atoms with Crippen molar-refractivity contribution in [2.75, 3.05) is 13.2 Å². The molecule has 0 fully saturated rings. The lowest BCUT2D eigenvalue weighted by Crippen LogP contribution is -2.36. The van der Waals surface area contributed by atoms with Gasteiger partial charge >= 0.3 is 5.97 Å². The summed E-state index contributed by atoms with van der Waals surface area (Å²) in [6, 6.07) is 3.77. The number of carboxylic acids is 1. The van der Waals surface area contributed by atoms with Gasteiger partial charge < -0.3 is 19.9 Å². The van der Waals surface area contributed by atoms with Gasteiger partial charge in [-0.2, -0.15) is 0 Å². The van der Waals surface area contributed by atoms with Crippen LogP contribution >= 0.6 is 0 Å². The summed E-state index contributed by atoms with van der Waals surface area (Å²) in [5.74, 6) is -0.629. The highest BCUT2D eigenvalue weighted by molar-refractivity contribution is 5.85. The topological polar surface area (TPSA) is 84.9 Å². The van der Waals surface area contributed by atoms with E-state index in [9.17, 15) is 14.7 Å². The third kappa shape index (κ3) is 3.01. The molecule has 1 aromatic rings. The van der Waals surface area contributed by atoms with Crippen molar-refractivity contribution in [1.82, 2.24) is 5.32 Å². The monoisotopic (exact) mass is 279 g/mol. The minimum atomic E-state index is -1.12. The maximum Gasteiger partial charge on any atom is 0.330 e. The largest absolute Gasteiger partial charge is 0.486 e. The number of hydrogen-bond donors (Lipinski definition) is 2. The Bertz CT molecular complexity index is 526. The average molecular weight is 279 g/mol. The summed E-state index contributed by atoms with van der Waals surface area (Å²) < 4.78 is 10.8. The van der Waals surface area contributed by atoms with Gasteiger partial charge in [0, 0.05) is 5.92 Å². The molecule has 6 nitrogen and oxygen atoms in total. The van der Waals surface area contributed by atoms with Crippen molar-refractivity contribution < 1.29 is 24.2 Å². The zero-order chi connectivity index (χ0) is 14.7. The molecule has 20 heavy (non-hydrogen) atoms. The summed E-state index contributed by atoms with van der Waals surface area (Å²) >= 11 is 0. The Kier molecular flexibility index (Phi) is 4.12. The second-order valence-corrected chi connectivity index (χ2v) is 4.84. The lowest BCUT2D eigenvalue weighted by atomic mass is 10.0. The smallest absolute Gasteiger partial charge is 0.330 e. The molecule has 2 N–H and O–H groups in total. The summed E-state index contributed by atoms with van der Waals surface area (Å²) in [5.41, 5.74) is 0.454. The zero-order valence-electron chi connectivity index (χ0n) is 11.4. The molecule has 0 radical (unpaired) electrons. The molecule has 0 saturated carbocycles. The van der Waals surface area contributed by atoms with E-state index >= 15 is 0 Å². The lowest BCUT2D eigenvalue weighted by molar-refractivity contribution is -0.142. The molecule has 0 aliphatic carbocycles. The van der Waals surface area contributed by atoms with Gasteiger partial charge in [0.1, 0.15) is 13.2 Å². The number of rotatable bonds is 4. The molecule has 1 heterocycles. The van der Waals surface area contributed by atoms with Gasteiger partial charge in [0.05, 0.1) is 0 Å². The molecule has 108 valence electrons. The van der Waals surface area contributed by atoms with E-state index in [0.29, 0.717) is 30.3 Å². The van der Waals surface area contributed by atoms with E-state index in [0.717, 1.165) is 0 Å². The van der Waals surface area contributed by atoms with Crippen molar-refractivity contribution in [3.63, 3.8) is 0 Å². The van der Waals surface area contributed by atoms with Gasteiger partial charge in [-0.05, 0) is 17.7 Å². The van der Waals surface area contributed by atoms with Crippen molar-refractivity contribution in [3.8, 4) is 11.5 Å². The first-order valence-electron chi connectivity index (χ1n) is 6.41. The van der Waals surface area contributed by atoms with E-state index in [1.807, 2.05) is 0 Å². The Hall–Kier alpha value is -2.24. The first kappa shape index (κ1) is 14.2. The molecule has 1 unspecified atom stereocenters. The predicted octanol–water partition coefficient (Wildman–Crippen LogP) is 1.36. The lowest BCUT2D eigenvalue weighted by Gasteiger charge is -2.21. The normalized spacial score (nSPS) is 14.8. The number of nitrogens with one attached hydrogen (secondary N) is 1. The minimum absolute atomic E-state index is 0.283. The molecular formula is C14H17NO5. The van der Waals surface area contributed by atoms with Crippen molar-refractivity contribution in [3.05, 3.63) is 23.8 Å². The molecule has 1 aliphatic heterocycles. The van der Waals surface area contributed by atoms with Gasteiger partial charge in [0.15, 0.2) is 17.5 Å². The van der Waals surface area contributed by atoms with Crippen molar-refractivity contribution in [1.29, 1.82) is 0 Å².